The van der Waals surface area contributed by atoms with E-state index in [9.17, 15) is 14.7 Å². The van der Waals surface area contributed by atoms with Gasteiger partial charge >= 0.3 is 0 Å². The Hall–Kier alpha value is -3.26. The summed E-state index contributed by atoms with van der Waals surface area (Å²) in [5, 5.41) is 21.9. The second-order valence-electron chi connectivity index (χ2n) is 9.08. The van der Waals surface area contributed by atoms with Gasteiger partial charge in [-0.25, -0.2) is 4.98 Å². The van der Waals surface area contributed by atoms with Gasteiger partial charge in [-0.05, 0) is 62.8 Å². The molecule has 1 saturated carbocycles. The number of allylic oxidation sites excluding steroid dienone is 2. The summed E-state index contributed by atoms with van der Waals surface area (Å²) < 4.78 is 1.36. The van der Waals surface area contributed by atoms with Gasteiger partial charge in [-0.2, -0.15) is 0 Å². The number of anilines is 2. The van der Waals surface area contributed by atoms with Crippen LogP contribution in [-0.2, 0) is 11.3 Å². The average molecular weight is 450 g/mol. The number of carbonyl (C=O) groups excluding carboxylic acids is 1. The third-order valence-electron chi connectivity index (χ3n) is 6.65. The molecule has 1 aromatic carbocycles. The fraction of sp³-hybridized carbons (Fsp3) is 0.440. The molecular weight excluding hydrogens is 418 g/mol. The molecule has 2 heterocycles. The van der Waals surface area contributed by atoms with E-state index in [1.807, 2.05) is 49.1 Å². The smallest absolute Gasteiger partial charge is 0.264 e. The van der Waals surface area contributed by atoms with Crippen LogP contribution in [0.2, 0.25) is 0 Å². The zero-order valence-electron chi connectivity index (χ0n) is 19.2. The molecule has 4 rings (SSSR count). The van der Waals surface area contributed by atoms with Crippen molar-refractivity contribution < 1.29 is 9.90 Å². The first-order chi connectivity index (χ1) is 15.8. The van der Waals surface area contributed by atoms with E-state index in [2.05, 4.69) is 10.3 Å². The highest BCUT2D eigenvalue weighted by atomic mass is 16.3. The Morgan fingerprint density at radius 2 is 1.94 bits per heavy atom. The molecule has 1 aliphatic heterocycles. The monoisotopic (exact) mass is 449 g/mol. The molecule has 1 aliphatic carbocycles. The highest BCUT2D eigenvalue weighted by Crippen LogP contribution is 2.33. The van der Waals surface area contributed by atoms with Crippen LogP contribution in [0.3, 0.4) is 0 Å². The van der Waals surface area contributed by atoms with Crippen LogP contribution in [0, 0.1) is 11.3 Å². The molecule has 1 saturated heterocycles. The summed E-state index contributed by atoms with van der Waals surface area (Å²) in [6, 6.07) is 7.78. The van der Waals surface area contributed by atoms with Crippen molar-refractivity contribution in [3.8, 4) is 0 Å². The van der Waals surface area contributed by atoms with Crippen LogP contribution in [0.1, 0.15) is 50.7 Å². The van der Waals surface area contributed by atoms with Crippen LogP contribution in [-0.4, -0.2) is 50.4 Å². The summed E-state index contributed by atoms with van der Waals surface area (Å²) >= 11 is 0. The molecule has 0 unspecified atom stereocenters. The predicted octanol–water partition coefficient (Wildman–Crippen LogP) is 3.17. The number of hydrogen-bond donors (Lipinski definition) is 3. The first-order valence-corrected chi connectivity index (χ1v) is 11.4. The Labute approximate surface area is 193 Å². The number of aromatic nitrogens is 2. The molecule has 0 spiro atoms. The van der Waals surface area contributed by atoms with E-state index in [-0.39, 0.29) is 29.5 Å². The van der Waals surface area contributed by atoms with Crippen molar-refractivity contribution in [2.24, 2.45) is 5.92 Å². The summed E-state index contributed by atoms with van der Waals surface area (Å²) in [5.74, 6) is 0.659. The van der Waals surface area contributed by atoms with Crippen LogP contribution < -0.4 is 10.9 Å². The van der Waals surface area contributed by atoms with Crippen LogP contribution >= 0.6 is 0 Å². The normalized spacial score (nSPS) is 18.2. The number of benzene rings is 1. The van der Waals surface area contributed by atoms with E-state index in [0.717, 1.165) is 30.3 Å². The molecule has 1 aromatic heterocycles. The highest BCUT2D eigenvalue weighted by Gasteiger charge is 2.39. The van der Waals surface area contributed by atoms with Crippen molar-refractivity contribution in [1.29, 1.82) is 5.41 Å². The lowest BCUT2D eigenvalue weighted by Gasteiger charge is -2.38. The number of rotatable bonds is 7. The second-order valence-corrected chi connectivity index (χ2v) is 9.08. The van der Waals surface area contributed by atoms with Crippen LogP contribution in [0.25, 0.3) is 5.57 Å². The summed E-state index contributed by atoms with van der Waals surface area (Å²) in [6.45, 7) is 5.11. The molecule has 8 heteroatoms. The fourth-order valence-electron chi connectivity index (χ4n) is 4.17. The van der Waals surface area contributed by atoms with Gasteiger partial charge in [0.2, 0.25) is 5.91 Å². The largest absolute Gasteiger partial charge is 0.388 e. The molecule has 0 atom stereocenters. The number of hydrogen-bond acceptors (Lipinski definition) is 6. The van der Waals surface area contributed by atoms with Crippen molar-refractivity contribution in [1.82, 2.24) is 14.5 Å². The molecule has 2 aromatic rings. The minimum absolute atomic E-state index is 0.0861. The quantitative estimate of drug-likeness (QED) is 0.562. The molecule has 2 fully saturated rings. The van der Waals surface area contributed by atoms with Crippen LogP contribution in [0.15, 0.2) is 41.5 Å². The highest BCUT2D eigenvalue weighted by molar-refractivity contribution is 5.85. The molecule has 174 valence electrons. The topological polar surface area (TPSA) is 111 Å². The van der Waals surface area contributed by atoms with Gasteiger partial charge in [0.25, 0.3) is 5.56 Å². The standard InChI is InChI=1S/C25H31N5O3/c1-3-17(2)18-6-8-20(9-7-18)28-22-21(14-26)24(32)30(16-27-22)15-25(33)10-12-29(13-11-25)23(31)19-4-5-19/h3,6-9,14,16,19,26,28,33H,4-5,10-13,15H2,1-2H3/b17-3+,26-14?. The Morgan fingerprint density at radius 1 is 1.27 bits per heavy atom. The lowest BCUT2D eigenvalue weighted by Crippen LogP contribution is -2.50. The van der Waals surface area contributed by atoms with Crippen molar-refractivity contribution >= 4 is 29.2 Å². The van der Waals surface area contributed by atoms with Gasteiger partial charge in [0.1, 0.15) is 11.4 Å². The van der Waals surface area contributed by atoms with Crippen LogP contribution in [0.4, 0.5) is 11.5 Å². The van der Waals surface area contributed by atoms with Crippen LogP contribution in [0.5, 0.6) is 0 Å². The van der Waals surface area contributed by atoms with E-state index in [4.69, 9.17) is 5.41 Å². The number of amides is 1. The molecular formula is C25H31N5O3. The van der Waals surface area contributed by atoms with Gasteiger partial charge in [0.05, 0.1) is 18.5 Å². The number of nitrogens with zero attached hydrogens (tertiary/aromatic N) is 3. The predicted molar refractivity (Wildman–Crippen MR) is 129 cm³/mol. The number of carbonyl (C=O) groups is 1. The summed E-state index contributed by atoms with van der Waals surface area (Å²) in [7, 11) is 0. The summed E-state index contributed by atoms with van der Waals surface area (Å²) in [5.41, 5.74) is 1.72. The van der Waals surface area contributed by atoms with Gasteiger partial charge in [0, 0.05) is 30.9 Å². The minimum Gasteiger partial charge on any atom is -0.388 e. The number of nitrogens with one attached hydrogen (secondary N) is 2. The summed E-state index contributed by atoms with van der Waals surface area (Å²) in [4.78, 5) is 31.5. The van der Waals surface area contributed by atoms with Crippen molar-refractivity contribution in [3.05, 3.63) is 58.1 Å². The maximum atomic E-state index is 13.0. The van der Waals surface area contributed by atoms with E-state index in [0.29, 0.717) is 31.7 Å². The molecule has 1 amide bonds. The van der Waals surface area contributed by atoms with Crippen molar-refractivity contribution in [3.63, 3.8) is 0 Å². The van der Waals surface area contributed by atoms with E-state index in [1.54, 1.807) is 0 Å². The average Bonchev–Trinajstić information content (AvgIpc) is 3.67. The Bertz CT molecular complexity index is 1120. The molecule has 8 nitrogen and oxygen atoms in total. The molecule has 0 bridgehead atoms. The lowest BCUT2D eigenvalue weighted by atomic mass is 9.91. The number of piperidine rings is 1. The third kappa shape index (κ3) is 5.06. The number of likely N-dealkylation sites (tertiary alicyclic amines) is 1. The first-order valence-electron chi connectivity index (χ1n) is 11.4. The SMILES string of the molecule is C/C=C(\C)c1ccc(Nc2ncn(CC3(O)CCN(C(=O)C4CC4)CC3)c(=O)c2C=N)cc1. The van der Waals surface area contributed by atoms with Gasteiger partial charge in [-0.15, -0.1) is 0 Å². The van der Waals surface area contributed by atoms with Gasteiger partial charge < -0.3 is 20.7 Å². The van der Waals surface area contributed by atoms with E-state index < -0.39 is 5.60 Å². The molecule has 2 aliphatic rings. The summed E-state index contributed by atoms with van der Waals surface area (Å²) in [6.07, 6.45) is 7.20. The maximum absolute atomic E-state index is 13.0. The molecule has 0 radical (unpaired) electrons. The fourth-order valence-corrected chi connectivity index (χ4v) is 4.17. The van der Waals surface area contributed by atoms with E-state index in [1.165, 1.54) is 16.5 Å². The Morgan fingerprint density at radius 3 is 2.52 bits per heavy atom. The number of aliphatic hydroxyl groups is 1. The zero-order valence-corrected chi connectivity index (χ0v) is 19.2. The lowest BCUT2D eigenvalue weighted by molar-refractivity contribution is -0.137. The Kier molecular flexibility index (Phi) is 6.47. The van der Waals surface area contributed by atoms with Crippen molar-refractivity contribution in [2.75, 3.05) is 18.4 Å². The second kappa shape index (κ2) is 9.31. The zero-order chi connectivity index (χ0) is 23.6. The van der Waals surface area contributed by atoms with Gasteiger partial charge in [-0.1, -0.05) is 18.2 Å². The maximum Gasteiger partial charge on any atom is 0.264 e. The molecule has 3 N–H and O–H groups in total. The molecule has 33 heavy (non-hydrogen) atoms. The van der Waals surface area contributed by atoms with E-state index >= 15 is 0 Å². The van der Waals surface area contributed by atoms with Gasteiger partial charge in [0.15, 0.2) is 0 Å². The van der Waals surface area contributed by atoms with Crippen molar-refractivity contribution in [2.45, 2.75) is 51.7 Å². The minimum atomic E-state index is -1.08. The third-order valence-corrected chi connectivity index (χ3v) is 6.65. The Balaban J connectivity index is 1.47. The van der Waals surface area contributed by atoms with Gasteiger partial charge in [-0.3, -0.25) is 14.2 Å². The first kappa shape index (κ1) is 22.9.